The molecule has 2 heterocycles. The van der Waals surface area contributed by atoms with E-state index in [4.69, 9.17) is 11.6 Å². The molecule has 1 amide bonds. The number of hydrogen-bond donors (Lipinski definition) is 1. The summed E-state index contributed by atoms with van der Waals surface area (Å²) in [6.45, 7) is 4.34. The van der Waals surface area contributed by atoms with E-state index in [1.807, 2.05) is 29.2 Å². The van der Waals surface area contributed by atoms with Gasteiger partial charge in [-0.15, -0.1) is 10.2 Å². The second kappa shape index (κ2) is 7.62. The molecule has 1 unspecified atom stereocenters. The number of anilines is 1. The van der Waals surface area contributed by atoms with Gasteiger partial charge in [0, 0.05) is 24.7 Å². The normalized spacial score (nSPS) is 17.6. The number of nitrogens with one attached hydrogen (secondary N) is 1. The molecule has 1 aliphatic rings. The number of piperidine rings is 1. The Bertz CT molecular complexity index is 704. The van der Waals surface area contributed by atoms with Crippen LogP contribution in [-0.4, -0.2) is 34.1 Å². The molecule has 1 aliphatic heterocycles. The van der Waals surface area contributed by atoms with Crippen molar-refractivity contribution in [3.05, 3.63) is 52.7 Å². The van der Waals surface area contributed by atoms with Crippen molar-refractivity contribution in [2.24, 2.45) is 5.92 Å². The number of halogens is 1. The van der Waals surface area contributed by atoms with E-state index < -0.39 is 0 Å². The molecule has 1 N–H and O–H groups in total. The van der Waals surface area contributed by atoms with Gasteiger partial charge in [-0.1, -0.05) is 36.7 Å². The molecule has 0 radical (unpaired) electrons. The first kappa shape index (κ1) is 16.7. The predicted molar refractivity (Wildman–Crippen MR) is 95.1 cm³/mol. The molecule has 6 heteroatoms. The minimum atomic E-state index is -0.0355. The lowest BCUT2D eigenvalue weighted by Gasteiger charge is -2.30. The largest absolute Gasteiger partial charge is 0.364 e. The van der Waals surface area contributed by atoms with E-state index in [1.165, 1.54) is 6.42 Å². The lowest BCUT2D eigenvalue weighted by molar-refractivity contribution is 0.0676. The van der Waals surface area contributed by atoms with E-state index in [1.54, 1.807) is 12.1 Å². The molecule has 126 valence electrons. The van der Waals surface area contributed by atoms with Crippen molar-refractivity contribution in [3.63, 3.8) is 0 Å². The van der Waals surface area contributed by atoms with E-state index in [-0.39, 0.29) is 5.91 Å². The monoisotopic (exact) mass is 344 g/mol. The summed E-state index contributed by atoms with van der Waals surface area (Å²) in [5.74, 6) is 1.14. The zero-order valence-electron chi connectivity index (χ0n) is 13.7. The van der Waals surface area contributed by atoms with E-state index in [2.05, 4.69) is 22.4 Å². The van der Waals surface area contributed by atoms with Crippen LogP contribution in [0.4, 0.5) is 5.82 Å². The summed E-state index contributed by atoms with van der Waals surface area (Å²) < 4.78 is 0. The van der Waals surface area contributed by atoms with E-state index in [0.717, 1.165) is 25.1 Å². The van der Waals surface area contributed by atoms with Gasteiger partial charge in [0.2, 0.25) is 0 Å². The molecule has 0 aliphatic carbocycles. The maximum Gasteiger partial charge on any atom is 0.274 e. The Hall–Kier alpha value is -2.14. The Labute approximate surface area is 147 Å². The van der Waals surface area contributed by atoms with Crippen molar-refractivity contribution in [1.82, 2.24) is 15.1 Å². The molecular formula is C18H21ClN4O. The number of rotatable bonds is 4. The third kappa shape index (κ3) is 4.03. The summed E-state index contributed by atoms with van der Waals surface area (Å²) in [4.78, 5) is 14.3. The van der Waals surface area contributed by atoms with Gasteiger partial charge in [-0.05, 0) is 42.5 Å². The minimum Gasteiger partial charge on any atom is -0.364 e. The van der Waals surface area contributed by atoms with Crippen LogP contribution >= 0.6 is 11.6 Å². The van der Waals surface area contributed by atoms with Crippen molar-refractivity contribution >= 4 is 23.3 Å². The second-order valence-corrected chi connectivity index (χ2v) is 6.65. The van der Waals surface area contributed by atoms with Crippen molar-refractivity contribution in [2.45, 2.75) is 26.3 Å². The van der Waals surface area contributed by atoms with Crippen LogP contribution in [0.1, 0.15) is 35.8 Å². The van der Waals surface area contributed by atoms with E-state index in [9.17, 15) is 4.79 Å². The van der Waals surface area contributed by atoms with Crippen molar-refractivity contribution < 1.29 is 4.79 Å². The van der Waals surface area contributed by atoms with Crippen molar-refractivity contribution in [1.29, 1.82) is 0 Å². The zero-order valence-corrected chi connectivity index (χ0v) is 14.5. The van der Waals surface area contributed by atoms with Crippen molar-refractivity contribution in [2.75, 3.05) is 18.4 Å². The van der Waals surface area contributed by atoms with E-state index in [0.29, 0.717) is 29.0 Å². The predicted octanol–water partition coefficient (Wildman–Crippen LogP) is 3.61. The first-order valence-electron chi connectivity index (χ1n) is 8.24. The Balaban J connectivity index is 1.61. The van der Waals surface area contributed by atoms with Gasteiger partial charge in [-0.3, -0.25) is 4.79 Å². The molecular weight excluding hydrogens is 324 g/mol. The van der Waals surface area contributed by atoms with Gasteiger partial charge >= 0.3 is 0 Å². The maximum absolute atomic E-state index is 12.5. The molecule has 1 saturated heterocycles. The average molecular weight is 345 g/mol. The van der Waals surface area contributed by atoms with Gasteiger partial charge in [0.05, 0.1) is 0 Å². The van der Waals surface area contributed by atoms with Crippen LogP contribution in [0.2, 0.25) is 5.02 Å². The maximum atomic E-state index is 12.5. The highest BCUT2D eigenvalue weighted by molar-refractivity contribution is 6.31. The van der Waals surface area contributed by atoms with Crippen LogP contribution in [0.25, 0.3) is 0 Å². The Morgan fingerprint density at radius 3 is 2.83 bits per heavy atom. The average Bonchev–Trinajstić information content (AvgIpc) is 2.61. The van der Waals surface area contributed by atoms with Gasteiger partial charge in [0.1, 0.15) is 5.82 Å². The summed E-state index contributed by atoms with van der Waals surface area (Å²) in [7, 11) is 0. The molecule has 0 spiro atoms. The molecule has 5 nitrogen and oxygen atoms in total. The Morgan fingerprint density at radius 2 is 2.12 bits per heavy atom. The number of likely N-dealkylation sites (tertiary alicyclic amines) is 1. The number of benzene rings is 1. The molecule has 2 aromatic rings. The van der Waals surface area contributed by atoms with Crippen LogP contribution in [0.15, 0.2) is 36.4 Å². The third-order valence-corrected chi connectivity index (χ3v) is 4.61. The number of nitrogens with zero attached hydrogens (tertiary/aromatic N) is 3. The number of hydrogen-bond acceptors (Lipinski definition) is 4. The number of carbonyl (C=O) groups is 1. The summed E-state index contributed by atoms with van der Waals surface area (Å²) in [5, 5.41) is 12.1. The Kier molecular flexibility index (Phi) is 5.30. The fourth-order valence-electron chi connectivity index (χ4n) is 2.90. The highest BCUT2D eigenvalue weighted by Gasteiger charge is 2.23. The smallest absolute Gasteiger partial charge is 0.274 e. The summed E-state index contributed by atoms with van der Waals surface area (Å²) >= 11 is 6.13. The lowest BCUT2D eigenvalue weighted by atomic mass is 10.00. The molecule has 1 fully saturated rings. The molecule has 0 saturated carbocycles. The van der Waals surface area contributed by atoms with Gasteiger partial charge in [0.15, 0.2) is 5.69 Å². The van der Waals surface area contributed by atoms with Crippen LogP contribution < -0.4 is 5.32 Å². The summed E-state index contributed by atoms with van der Waals surface area (Å²) in [6, 6.07) is 11.2. The van der Waals surface area contributed by atoms with Gasteiger partial charge in [-0.2, -0.15) is 0 Å². The molecule has 1 aromatic heterocycles. The van der Waals surface area contributed by atoms with Crippen LogP contribution in [0, 0.1) is 5.92 Å². The Morgan fingerprint density at radius 1 is 1.29 bits per heavy atom. The second-order valence-electron chi connectivity index (χ2n) is 6.25. The topological polar surface area (TPSA) is 58.1 Å². The molecule has 3 rings (SSSR count). The fourth-order valence-corrected chi connectivity index (χ4v) is 3.11. The standard InChI is InChI=1S/C18H21ClN4O/c1-13-5-4-10-23(12-13)18(24)16-8-9-17(22-21-16)20-11-14-6-2-3-7-15(14)19/h2-3,6-9,13H,4-5,10-12H2,1H3,(H,20,22). The van der Waals surface area contributed by atoms with E-state index >= 15 is 0 Å². The molecule has 24 heavy (non-hydrogen) atoms. The summed E-state index contributed by atoms with van der Waals surface area (Å²) in [6.07, 6.45) is 2.23. The fraction of sp³-hybridized carbons (Fsp3) is 0.389. The SMILES string of the molecule is CC1CCCN(C(=O)c2ccc(NCc3ccccc3Cl)nn2)C1. The summed E-state index contributed by atoms with van der Waals surface area (Å²) in [5.41, 5.74) is 1.39. The lowest BCUT2D eigenvalue weighted by Crippen LogP contribution is -2.39. The minimum absolute atomic E-state index is 0.0355. The van der Waals surface area contributed by atoms with Gasteiger partial charge in [-0.25, -0.2) is 0 Å². The molecule has 1 atom stereocenters. The van der Waals surface area contributed by atoms with Crippen LogP contribution in [0.3, 0.4) is 0 Å². The molecule has 1 aromatic carbocycles. The van der Waals surface area contributed by atoms with Gasteiger partial charge < -0.3 is 10.2 Å². The highest BCUT2D eigenvalue weighted by atomic mass is 35.5. The number of carbonyl (C=O) groups excluding carboxylic acids is 1. The first-order valence-corrected chi connectivity index (χ1v) is 8.61. The third-order valence-electron chi connectivity index (χ3n) is 4.25. The zero-order chi connectivity index (χ0) is 16.9. The van der Waals surface area contributed by atoms with Gasteiger partial charge in [0.25, 0.3) is 5.91 Å². The van der Waals surface area contributed by atoms with Crippen LogP contribution in [0.5, 0.6) is 0 Å². The van der Waals surface area contributed by atoms with Crippen molar-refractivity contribution in [3.8, 4) is 0 Å². The number of aromatic nitrogens is 2. The molecule has 0 bridgehead atoms. The van der Waals surface area contributed by atoms with Crippen LogP contribution in [-0.2, 0) is 6.54 Å². The number of amides is 1. The first-order chi connectivity index (χ1) is 11.6. The highest BCUT2D eigenvalue weighted by Crippen LogP contribution is 2.18. The quantitative estimate of drug-likeness (QED) is 0.920.